The highest BCUT2D eigenvalue weighted by molar-refractivity contribution is 6.12. The first-order chi connectivity index (χ1) is 12.3. The molecule has 0 saturated carbocycles. The number of nitrogens with zero attached hydrogens (tertiary/aromatic N) is 1. The van der Waals surface area contributed by atoms with Crippen LogP contribution in [0.1, 0.15) is 45.7 Å². The minimum absolute atomic E-state index is 0.124. The fourth-order valence-electron chi connectivity index (χ4n) is 1.96. The molecule has 2 rings (SSSR count). The maximum absolute atomic E-state index is 9.28. The van der Waals surface area contributed by atoms with E-state index in [1.54, 1.807) is 12.1 Å². The van der Waals surface area contributed by atoms with Gasteiger partial charge in [0.15, 0.2) is 0 Å². The molecule has 0 saturated heterocycles. The van der Waals surface area contributed by atoms with Crippen LogP contribution in [0.15, 0.2) is 53.7 Å². The number of nitrogens with two attached hydrogens (primary N) is 1. The van der Waals surface area contributed by atoms with Gasteiger partial charge in [-0.15, -0.1) is 0 Å². The van der Waals surface area contributed by atoms with Crippen molar-refractivity contribution in [2.24, 2.45) is 10.9 Å². The molecule has 2 aromatic rings. The highest BCUT2D eigenvalue weighted by Crippen LogP contribution is 2.18. The van der Waals surface area contributed by atoms with E-state index >= 15 is 0 Å². The first-order valence-electron chi connectivity index (χ1n) is 8.67. The van der Waals surface area contributed by atoms with Crippen LogP contribution >= 0.6 is 0 Å². The van der Waals surface area contributed by atoms with Gasteiger partial charge in [-0.2, -0.15) is 0 Å². The molecule has 0 aliphatic heterocycles. The summed E-state index contributed by atoms with van der Waals surface area (Å²) < 4.78 is 10.6. The van der Waals surface area contributed by atoms with Crippen molar-refractivity contribution in [1.82, 2.24) is 0 Å². The molecule has 0 unspecified atom stereocenters. The zero-order valence-corrected chi connectivity index (χ0v) is 15.8. The summed E-state index contributed by atoms with van der Waals surface area (Å²) in [5.41, 5.74) is 7.38. The van der Waals surface area contributed by atoms with Crippen molar-refractivity contribution in [3.05, 3.63) is 59.7 Å². The van der Waals surface area contributed by atoms with Crippen LogP contribution in [-0.2, 0) is 0 Å². The van der Waals surface area contributed by atoms with Crippen LogP contribution in [0.4, 0.5) is 0 Å². The lowest BCUT2D eigenvalue weighted by atomic mass is 10.0. The molecule has 25 heavy (non-hydrogen) atoms. The van der Waals surface area contributed by atoms with E-state index in [1.807, 2.05) is 71.0 Å². The van der Waals surface area contributed by atoms with Gasteiger partial charge in [0.05, 0.1) is 6.61 Å². The number of oxime groups is 1. The van der Waals surface area contributed by atoms with Crippen LogP contribution in [0.3, 0.4) is 0 Å². The van der Waals surface area contributed by atoms with Crippen molar-refractivity contribution in [1.29, 1.82) is 0 Å². The van der Waals surface area contributed by atoms with Crippen LogP contribution < -0.4 is 15.2 Å². The van der Waals surface area contributed by atoms with Crippen LogP contribution in [0.2, 0.25) is 0 Å². The second kappa shape index (κ2) is 13.9. The molecule has 0 atom stereocenters. The molecule has 0 heterocycles. The van der Waals surface area contributed by atoms with E-state index in [1.165, 1.54) is 0 Å². The average molecular weight is 346 g/mol. The maximum Gasteiger partial charge on any atom is 0.137 e. The Bertz CT molecular complexity index is 542. The number of hydrogen-bond acceptors (Lipinski definition) is 5. The van der Waals surface area contributed by atoms with Crippen LogP contribution in [0.25, 0.3) is 0 Å². The van der Waals surface area contributed by atoms with E-state index in [4.69, 9.17) is 15.2 Å². The van der Waals surface area contributed by atoms with Crippen molar-refractivity contribution in [3.63, 3.8) is 0 Å². The highest BCUT2D eigenvalue weighted by atomic mass is 16.5. The SMILES string of the molecule is CC.CC.CCOc1ccc(/C(=N/O)c2ccc(OCN)cc2)cc1. The monoisotopic (exact) mass is 346 g/mol. The predicted molar refractivity (Wildman–Crippen MR) is 104 cm³/mol. The molecule has 0 bridgehead atoms. The molecule has 5 heteroatoms. The third-order valence-electron chi connectivity index (χ3n) is 2.92. The first-order valence-corrected chi connectivity index (χ1v) is 8.67. The lowest BCUT2D eigenvalue weighted by Crippen LogP contribution is -2.08. The summed E-state index contributed by atoms with van der Waals surface area (Å²) in [6.07, 6.45) is 0. The van der Waals surface area contributed by atoms with Gasteiger partial charge < -0.3 is 14.7 Å². The lowest BCUT2D eigenvalue weighted by molar-refractivity contribution is 0.319. The topological polar surface area (TPSA) is 77.1 Å². The van der Waals surface area contributed by atoms with Gasteiger partial charge in [-0.3, -0.25) is 5.73 Å². The Kier molecular flexibility index (Phi) is 12.5. The third kappa shape index (κ3) is 7.27. The Morgan fingerprint density at radius 2 is 1.24 bits per heavy atom. The summed E-state index contributed by atoms with van der Waals surface area (Å²) >= 11 is 0. The van der Waals surface area contributed by atoms with Gasteiger partial charge in [-0.25, -0.2) is 0 Å². The molecule has 5 nitrogen and oxygen atoms in total. The van der Waals surface area contributed by atoms with Crippen molar-refractivity contribution in [3.8, 4) is 11.5 Å². The fourth-order valence-corrected chi connectivity index (χ4v) is 1.96. The Morgan fingerprint density at radius 3 is 1.56 bits per heavy atom. The largest absolute Gasteiger partial charge is 0.494 e. The van der Waals surface area contributed by atoms with Gasteiger partial charge in [-0.05, 0) is 55.5 Å². The van der Waals surface area contributed by atoms with Crippen molar-refractivity contribution in [2.75, 3.05) is 13.3 Å². The molecule has 0 spiro atoms. The van der Waals surface area contributed by atoms with Crippen LogP contribution in [0, 0.1) is 0 Å². The second-order valence-electron chi connectivity index (χ2n) is 4.24. The van der Waals surface area contributed by atoms with E-state index in [0.717, 1.165) is 16.9 Å². The first kappa shape index (κ1) is 22.5. The molecule has 3 N–H and O–H groups in total. The molecule has 0 radical (unpaired) electrons. The Morgan fingerprint density at radius 1 is 0.840 bits per heavy atom. The van der Waals surface area contributed by atoms with E-state index in [2.05, 4.69) is 5.16 Å². The highest BCUT2D eigenvalue weighted by Gasteiger charge is 2.08. The summed E-state index contributed by atoms with van der Waals surface area (Å²) in [6, 6.07) is 14.6. The smallest absolute Gasteiger partial charge is 0.137 e. The maximum atomic E-state index is 9.28. The van der Waals surface area contributed by atoms with Gasteiger partial charge in [0, 0.05) is 11.1 Å². The van der Waals surface area contributed by atoms with E-state index in [9.17, 15) is 5.21 Å². The normalized spacial score (nSPS) is 9.92. The molecule has 0 aromatic heterocycles. The third-order valence-corrected chi connectivity index (χ3v) is 2.92. The molecular formula is C20H30N2O3. The summed E-state index contributed by atoms with van der Waals surface area (Å²) in [5, 5.41) is 12.7. The standard InChI is InChI=1S/C16H18N2O3.2C2H6/c1-2-20-14-7-3-12(4-8-14)16(18-19)13-5-9-15(10-6-13)21-11-17;2*1-2/h3-10,19H,2,11,17H2,1H3;2*1-2H3/b18-16-;;. The fraction of sp³-hybridized carbons (Fsp3) is 0.350. The van der Waals surface area contributed by atoms with Crippen LogP contribution in [-0.4, -0.2) is 24.3 Å². The van der Waals surface area contributed by atoms with Crippen molar-refractivity contribution in [2.45, 2.75) is 34.6 Å². The Balaban J connectivity index is 0.00000134. The quantitative estimate of drug-likeness (QED) is 0.345. The molecule has 0 aliphatic carbocycles. The summed E-state index contributed by atoms with van der Waals surface area (Å²) in [7, 11) is 0. The van der Waals surface area contributed by atoms with E-state index in [0.29, 0.717) is 18.1 Å². The number of hydrogen-bond donors (Lipinski definition) is 2. The molecule has 0 amide bonds. The van der Waals surface area contributed by atoms with Crippen molar-refractivity contribution >= 4 is 5.71 Å². The summed E-state index contributed by atoms with van der Waals surface area (Å²) in [5.74, 6) is 1.45. The zero-order valence-electron chi connectivity index (χ0n) is 15.8. The average Bonchev–Trinajstić information content (AvgIpc) is 2.69. The van der Waals surface area contributed by atoms with Crippen molar-refractivity contribution < 1.29 is 14.7 Å². The molecule has 138 valence electrons. The van der Waals surface area contributed by atoms with E-state index < -0.39 is 0 Å². The van der Waals surface area contributed by atoms with E-state index in [-0.39, 0.29) is 6.73 Å². The minimum Gasteiger partial charge on any atom is -0.494 e. The van der Waals surface area contributed by atoms with Gasteiger partial charge in [0.1, 0.15) is 23.9 Å². The Hall–Kier alpha value is -2.53. The summed E-state index contributed by atoms with van der Waals surface area (Å²) in [4.78, 5) is 0. The molecule has 0 aliphatic rings. The van der Waals surface area contributed by atoms with Crippen LogP contribution in [0.5, 0.6) is 11.5 Å². The molecule has 2 aromatic carbocycles. The predicted octanol–water partition coefficient (Wildman–Crippen LogP) is 4.66. The molecular weight excluding hydrogens is 316 g/mol. The summed E-state index contributed by atoms with van der Waals surface area (Å²) in [6.45, 7) is 10.7. The van der Waals surface area contributed by atoms with Gasteiger partial charge in [-0.1, -0.05) is 32.9 Å². The number of ether oxygens (including phenoxy) is 2. The molecule has 0 fully saturated rings. The number of benzene rings is 2. The Labute approximate surface area is 151 Å². The van der Waals surface area contributed by atoms with Gasteiger partial charge >= 0.3 is 0 Å². The lowest BCUT2D eigenvalue weighted by Gasteiger charge is -2.08. The second-order valence-corrected chi connectivity index (χ2v) is 4.24. The zero-order chi connectivity index (χ0) is 19.1. The van der Waals surface area contributed by atoms with Gasteiger partial charge in [0.2, 0.25) is 0 Å². The minimum atomic E-state index is 0.124. The number of rotatable bonds is 6. The van der Waals surface area contributed by atoms with Gasteiger partial charge in [0.25, 0.3) is 0 Å².